The van der Waals surface area contributed by atoms with Crippen molar-refractivity contribution in [1.82, 2.24) is 5.32 Å². The van der Waals surface area contributed by atoms with Crippen LogP contribution in [0.15, 0.2) is 43.0 Å². The van der Waals surface area contributed by atoms with Crippen molar-refractivity contribution in [3.05, 3.63) is 48.6 Å². The molecule has 18 heavy (non-hydrogen) atoms. The van der Waals surface area contributed by atoms with E-state index < -0.39 is 6.09 Å². The molecular weight excluding hydrogens is 226 g/mol. The minimum atomic E-state index is -0.418. The summed E-state index contributed by atoms with van der Waals surface area (Å²) in [6, 6.07) is 9.48. The molecule has 3 nitrogen and oxygen atoms in total. The Bertz CT molecular complexity index is 393. The summed E-state index contributed by atoms with van der Waals surface area (Å²) in [5, 5.41) is 2.80. The standard InChI is InChI=1S/C15H21NO2/c1-5-13(15(2,3)4)16-14(17)18-11-12-9-7-6-8-10-12/h5-10,13H,1,11H2,2-4H3,(H,16,17)/t13-/m1/s1. The largest absolute Gasteiger partial charge is 0.445 e. The monoisotopic (exact) mass is 247 g/mol. The number of carbonyl (C=O) groups is 1. The summed E-state index contributed by atoms with van der Waals surface area (Å²) in [4.78, 5) is 11.7. The van der Waals surface area contributed by atoms with Crippen molar-refractivity contribution in [1.29, 1.82) is 0 Å². The smallest absolute Gasteiger partial charge is 0.407 e. The van der Waals surface area contributed by atoms with Crippen LogP contribution in [0.4, 0.5) is 4.79 Å². The maximum atomic E-state index is 11.7. The molecule has 0 heterocycles. The molecule has 1 aromatic carbocycles. The van der Waals surface area contributed by atoms with E-state index in [1.807, 2.05) is 51.1 Å². The molecule has 0 fully saturated rings. The normalized spacial score (nSPS) is 12.6. The van der Waals surface area contributed by atoms with Gasteiger partial charge >= 0.3 is 6.09 Å². The van der Waals surface area contributed by atoms with Gasteiger partial charge < -0.3 is 10.1 Å². The Morgan fingerprint density at radius 1 is 1.39 bits per heavy atom. The summed E-state index contributed by atoms with van der Waals surface area (Å²) in [5.41, 5.74) is 0.895. The zero-order valence-electron chi connectivity index (χ0n) is 11.3. The van der Waals surface area contributed by atoms with Crippen LogP contribution < -0.4 is 5.32 Å². The fraction of sp³-hybridized carbons (Fsp3) is 0.400. The van der Waals surface area contributed by atoms with Gasteiger partial charge in [0.15, 0.2) is 0 Å². The van der Waals surface area contributed by atoms with E-state index in [0.717, 1.165) is 5.56 Å². The van der Waals surface area contributed by atoms with Crippen LogP contribution in [0, 0.1) is 5.41 Å². The van der Waals surface area contributed by atoms with Gasteiger partial charge in [0.05, 0.1) is 6.04 Å². The van der Waals surface area contributed by atoms with Crippen LogP contribution in [0.25, 0.3) is 0 Å². The molecule has 98 valence electrons. The lowest BCUT2D eigenvalue weighted by Gasteiger charge is -2.28. The molecule has 1 N–H and O–H groups in total. The molecule has 1 rings (SSSR count). The lowest BCUT2D eigenvalue weighted by Crippen LogP contribution is -2.42. The van der Waals surface area contributed by atoms with Gasteiger partial charge in [-0.1, -0.05) is 57.2 Å². The lowest BCUT2D eigenvalue weighted by atomic mass is 9.87. The first-order valence-corrected chi connectivity index (χ1v) is 6.03. The predicted molar refractivity (Wildman–Crippen MR) is 73.2 cm³/mol. The zero-order valence-corrected chi connectivity index (χ0v) is 11.3. The van der Waals surface area contributed by atoms with Crippen LogP contribution in [0.1, 0.15) is 26.3 Å². The maximum Gasteiger partial charge on any atom is 0.407 e. The quantitative estimate of drug-likeness (QED) is 0.827. The van der Waals surface area contributed by atoms with E-state index in [1.165, 1.54) is 0 Å². The van der Waals surface area contributed by atoms with Crippen molar-refractivity contribution in [3.8, 4) is 0 Å². The molecule has 0 radical (unpaired) electrons. The van der Waals surface area contributed by atoms with Crippen molar-refractivity contribution in [2.45, 2.75) is 33.4 Å². The number of alkyl carbamates (subject to hydrolysis) is 1. The van der Waals surface area contributed by atoms with Gasteiger partial charge in [-0.2, -0.15) is 0 Å². The van der Waals surface area contributed by atoms with Crippen molar-refractivity contribution in [2.24, 2.45) is 5.41 Å². The summed E-state index contributed by atoms with van der Waals surface area (Å²) in [6.45, 7) is 10.1. The molecular formula is C15H21NO2. The Kier molecular flexibility index (Phi) is 4.95. The molecule has 0 aliphatic heterocycles. The predicted octanol–water partition coefficient (Wildman–Crippen LogP) is 3.51. The van der Waals surface area contributed by atoms with Crippen molar-refractivity contribution < 1.29 is 9.53 Å². The number of amides is 1. The zero-order chi connectivity index (χ0) is 13.6. The van der Waals surface area contributed by atoms with E-state index in [1.54, 1.807) is 6.08 Å². The van der Waals surface area contributed by atoms with E-state index in [0.29, 0.717) is 0 Å². The van der Waals surface area contributed by atoms with Crippen molar-refractivity contribution >= 4 is 6.09 Å². The average molecular weight is 247 g/mol. The number of benzene rings is 1. The van der Waals surface area contributed by atoms with E-state index in [9.17, 15) is 4.79 Å². The second-order valence-corrected chi connectivity index (χ2v) is 5.29. The highest BCUT2D eigenvalue weighted by Crippen LogP contribution is 2.19. The summed E-state index contributed by atoms with van der Waals surface area (Å²) in [6.07, 6.45) is 1.31. The number of ether oxygens (including phenoxy) is 1. The second kappa shape index (κ2) is 6.24. The highest BCUT2D eigenvalue weighted by atomic mass is 16.5. The second-order valence-electron chi connectivity index (χ2n) is 5.29. The summed E-state index contributed by atoms with van der Waals surface area (Å²) in [5.74, 6) is 0. The summed E-state index contributed by atoms with van der Waals surface area (Å²) >= 11 is 0. The molecule has 1 atom stereocenters. The SMILES string of the molecule is C=C[C@@H](NC(=O)OCc1ccccc1)C(C)(C)C. The third kappa shape index (κ3) is 4.62. The molecule has 3 heteroatoms. The van der Waals surface area contributed by atoms with Crippen LogP contribution in [-0.2, 0) is 11.3 Å². The Hall–Kier alpha value is -1.77. The first-order chi connectivity index (χ1) is 8.43. The molecule has 0 saturated carbocycles. The minimum Gasteiger partial charge on any atom is -0.445 e. The number of rotatable bonds is 4. The van der Waals surface area contributed by atoms with Gasteiger partial charge in [-0.25, -0.2) is 4.79 Å². The number of carbonyl (C=O) groups excluding carboxylic acids is 1. The lowest BCUT2D eigenvalue weighted by molar-refractivity contribution is 0.130. The molecule has 0 aliphatic rings. The number of hydrogen-bond acceptors (Lipinski definition) is 2. The fourth-order valence-corrected chi connectivity index (χ4v) is 1.52. The topological polar surface area (TPSA) is 38.3 Å². The molecule has 1 amide bonds. The molecule has 0 saturated heterocycles. The first-order valence-electron chi connectivity index (χ1n) is 6.03. The minimum absolute atomic E-state index is 0.0759. The highest BCUT2D eigenvalue weighted by molar-refractivity contribution is 5.68. The van der Waals surface area contributed by atoms with Crippen LogP contribution in [0.5, 0.6) is 0 Å². The Balaban J connectivity index is 2.45. The van der Waals surface area contributed by atoms with Gasteiger partial charge in [-0.15, -0.1) is 6.58 Å². The molecule has 0 aliphatic carbocycles. The van der Waals surface area contributed by atoms with Gasteiger partial charge in [0.25, 0.3) is 0 Å². The van der Waals surface area contributed by atoms with Crippen LogP contribution in [0.2, 0.25) is 0 Å². The summed E-state index contributed by atoms with van der Waals surface area (Å²) < 4.78 is 5.16. The third-order valence-corrected chi connectivity index (χ3v) is 2.65. The van der Waals surface area contributed by atoms with Gasteiger partial charge in [0.2, 0.25) is 0 Å². The van der Waals surface area contributed by atoms with E-state index >= 15 is 0 Å². The van der Waals surface area contributed by atoms with Crippen molar-refractivity contribution in [3.63, 3.8) is 0 Å². The van der Waals surface area contributed by atoms with Gasteiger partial charge in [0.1, 0.15) is 6.61 Å². The highest BCUT2D eigenvalue weighted by Gasteiger charge is 2.23. The van der Waals surface area contributed by atoms with Gasteiger partial charge in [-0.05, 0) is 11.0 Å². The average Bonchev–Trinajstić information content (AvgIpc) is 2.33. The van der Waals surface area contributed by atoms with Gasteiger partial charge in [-0.3, -0.25) is 0 Å². The van der Waals surface area contributed by atoms with E-state index in [-0.39, 0.29) is 18.1 Å². The molecule has 0 aromatic heterocycles. The van der Waals surface area contributed by atoms with Crippen LogP contribution in [0.3, 0.4) is 0 Å². The van der Waals surface area contributed by atoms with Crippen LogP contribution >= 0.6 is 0 Å². The van der Waals surface area contributed by atoms with Crippen molar-refractivity contribution in [2.75, 3.05) is 0 Å². The maximum absolute atomic E-state index is 11.7. The van der Waals surface area contributed by atoms with Crippen LogP contribution in [-0.4, -0.2) is 12.1 Å². The van der Waals surface area contributed by atoms with E-state index in [4.69, 9.17) is 4.74 Å². The fourth-order valence-electron chi connectivity index (χ4n) is 1.52. The molecule has 0 spiro atoms. The molecule has 0 bridgehead atoms. The Morgan fingerprint density at radius 3 is 2.50 bits per heavy atom. The summed E-state index contributed by atoms with van der Waals surface area (Å²) in [7, 11) is 0. The number of nitrogens with one attached hydrogen (secondary N) is 1. The number of hydrogen-bond donors (Lipinski definition) is 1. The molecule has 1 aromatic rings. The first kappa shape index (κ1) is 14.3. The Morgan fingerprint density at radius 2 is 2.00 bits per heavy atom. The Labute approximate surface area is 109 Å². The van der Waals surface area contributed by atoms with Gasteiger partial charge in [0, 0.05) is 0 Å². The third-order valence-electron chi connectivity index (χ3n) is 2.65. The van der Waals surface area contributed by atoms with E-state index in [2.05, 4.69) is 11.9 Å². The molecule has 0 unspecified atom stereocenters.